The SMILES string of the molecule is O=S(=O)(C1CC1)N1CCN(c2ccc(N3CCCCCC3)nn2)CC1. The van der Waals surface area contributed by atoms with Gasteiger partial charge in [-0.15, -0.1) is 10.2 Å². The van der Waals surface area contributed by atoms with E-state index in [0.717, 1.165) is 37.6 Å². The molecule has 0 aromatic carbocycles. The van der Waals surface area contributed by atoms with Crippen molar-refractivity contribution in [2.75, 3.05) is 49.1 Å². The van der Waals surface area contributed by atoms with Crippen LogP contribution in [0.4, 0.5) is 11.6 Å². The number of piperazine rings is 1. The Bertz CT molecular complexity index is 673. The van der Waals surface area contributed by atoms with Crippen LogP contribution in [0.2, 0.25) is 0 Å². The van der Waals surface area contributed by atoms with E-state index in [9.17, 15) is 8.42 Å². The Morgan fingerprint density at radius 1 is 0.760 bits per heavy atom. The van der Waals surface area contributed by atoms with Gasteiger partial charge in [0.15, 0.2) is 11.6 Å². The Morgan fingerprint density at radius 3 is 1.76 bits per heavy atom. The highest BCUT2D eigenvalue weighted by Gasteiger charge is 2.41. The summed E-state index contributed by atoms with van der Waals surface area (Å²) in [7, 11) is -3.06. The lowest BCUT2D eigenvalue weighted by molar-refractivity contribution is 0.382. The molecule has 0 N–H and O–H groups in total. The maximum Gasteiger partial charge on any atom is 0.217 e. The third kappa shape index (κ3) is 3.74. The standard InChI is InChI=1S/C17H27N5O2S/c23-25(24,15-5-6-15)22-13-11-21(12-14-22)17-8-7-16(18-19-17)20-9-3-1-2-4-10-20/h7-8,15H,1-6,9-14H2. The minimum atomic E-state index is -3.06. The average Bonchev–Trinajstić information content (AvgIpc) is 3.49. The van der Waals surface area contributed by atoms with Crippen LogP contribution in [0.3, 0.4) is 0 Å². The number of rotatable bonds is 4. The van der Waals surface area contributed by atoms with E-state index in [-0.39, 0.29) is 5.25 Å². The van der Waals surface area contributed by atoms with E-state index >= 15 is 0 Å². The van der Waals surface area contributed by atoms with Gasteiger partial charge in [0.2, 0.25) is 10.0 Å². The number of anilines is 2. The summed E-state index contributed by atoms with van der Waals surface area (Å²) in [6.07, 6.45) is 6.70. The Labute approximate surface area is 150 Å². The summed E-state index contributed by atoms with van der Waals surface area (Å²) in [5.74, 6) is 1.81. The fraction of sp³-hybridized carbons (Fsp3) is 0.765. The Balaban J connectivity index is 1.36. The zero-order valence-corrected chi connectivity index (χ0v) is 15.5. The Kier molecular flexibility index (Phi) is 4.82. The normalized spacial score (nSPS) is 23.5. The van der Waals surface area contributed by atoms with Crippen molar-refractivity contribution in [3.8, 4) is 0 Å². The average molecular weight is 366 g/mol. The van der Waals surface area contributed by atoms with Crippen LogP contribution >= 0.6 is 0 Å². The van der Waals surface area contributed by atoms with Gasteiger partial charge in [0.25, 0.3) is 0 Å². The molecule has 1 aromatic heterocycles. The molecule has 0 bridgehead atoms. The van der Waals surface area contributed by atoms with E-state index in [0.29, 0.717) is 26.2 Å². The molecule has 8 heteroatoms. The lowest BCUT2D eigenvalue weighted by Crippen LogP contribution is -2.49. The number of hydrogen-bond acceptors (Lipinski definition) is 6. The molecule has 3 fully saturated rings. The highest BCUT2D eigenvalue weighted by molar-refractivity contribution is 7.90. The molecule has 1 saturated carbocycles. The molecule has 1 aromatic rings. The van der Waals surface area contributed by atoms with E-state index < -0.39 is 10.0 Å². The smallest absolute Gasteiger partial charge is 0.217 e. The molecular formula is C17H27N5O2S. The van der Waals surface area contributed by atoms with Crippen LogP contribution in [0.5, 0.6) is 0 Å². The summed E-state index contributed by atoms with van der Waals surface area (Å²) in [6.45, 7) is 4.59. The van der Waals surface area contributed by atoms with Gasteiger partial charge >= 0.3 is 0 Å². The molecule has 7 nitrogen and oxygen atoms in total. The van der Waals surface area contributed by atoms with Crippen LogP contribution in [0.15, 0.2) is 12.1 Å². The van der Waals surface area contributed by atoms with Crippen molar-refractivity contribution in [1.29, 1.82) is 0 Å². The molecule has 2 aliphatic heterocycles. The van der Waals surface area contributed by atoms with Crippen LogP contribution < -0.4 is 9.80 Å². The van der Waals surface area contributed by atoms with Gasteiger partial charge in [0.05, 0.1) is 5.25 Å². The Hall–Kier alpha value is -1.41. The summed E-state index contributed by atoms with van der Waals surface area (Å²) in [5, 5.41) is 8.72. The maximum atomic E-state index is 12.3. The lowest BCUT2D eigenvalue weighted by Gasteiger charge is -2.34. The molecule has 2 saturated heterocycles. The number of sulfonamides is 1. The van der Waals surface area contributed by atoms with Gasteiger partial charge < -0.3 is 9.80 Å². The molecular weight excluding hydrogens is 338 g/mol. The third-order valence-electron chi connectivity index (χ3n) is 5.43. The van der Waals surface area contributed by atoms with Gasteiger partial charge in [-0.1, -0.05) is 12.8 Å². The minimum absolute atomic E-state index is 0.119. The number of hydrogen-bond donors (Lipinski definition) is 0. The predicted octanol–water partition coefficient (Wildman–Crippen LogP) is 1.47. The van der Waals surface area contributed by atoms with Crippen molar-refractivity contribution in [3.05, 3.63) is 12.1 Å². The fourth-order valence-corrected chi connectivity index (χ4v) is 5.53. The molecule has 1 aliphatic carbocycles. The number of aromatic nitrogens is 2. The van der Waals surface area contributed by atoms with Crippen molar-refractivity contribution in [3.63, 3.8) is 0 Å². The molecule has 3 heterocycles. The molecule has 0 spiro atoms. The second kappa shape index (κ2) is 7.07. The van der Waals surface area contributed by atoms with E-state index in [2.05, 4.69) is 26.1 Å². The van der Waals surface area contributed by atoms with Gasteiger partial charge in [-0.25, -0.2) is 8.42 Å². The highest BCUT2D eigenvalue weighted by atomic mass is 32.2. The molecule has 138 valence electrons. The summed E-state index contributed by atoms with van der Waals surface area (Å²) in [4.78, 5) is 4.46. The first-order valence-corrected chi connectivity index (χ1v) is 11.0. The summed E-state index contributed by atoms with van der Waals surface area (Å²) < 4.78 is 26.3. The predicted molar refractivity (Wildman–Crippen MR) is 98.4 cm³/mol. The molecule has 0 unspecified atom stereocenters. The largest absolute Gasteiger partial charge is 0.355 e. The first-order chi connectivity index (χ1) is 12.1. The van der Waals surface area contributed by atoms with E-state index in [1.54, 1.807) is 4.31 Å². The van der Waals surface area contributed by atoms with Crippen molar-refractivity contribution in [2.45, 2.75) is 43.8 Å². The van der Waals surface area contributed by atoms with Gasteiger partial charge in [-0.3, -0.25) is 0 Å². The fourth-order valence-electron chi connectivity index (χ4n) is 3.70. The van der Waals surface area contributed by atoms with Crippen molar-refractivity contribution < 1.29 is 8.42 Å². The zero-order chi connectivity index (χ0) is 17.3. The van der Waals surface area contributed by atoms with Gasteiger partial charge in [-0.2, -0.15) is 4.31 Å². The third-order valence-corrected chi connectivity index (χ3v) is 7.83. The second-order valence-electron chi connectivity index (χ2n) is 7.28. The van der Waals surface area contributed by atoms with E-state index in [1.807, 2.05) is 6.07 Å². The summed E-state index contributed by atoms with van der Waals surface area (Å²) >= 11 is 0. The van der Waals surface area contributed by atoms with Crippen molar-refractivity contribution >= 4 is 21.7 Å². The molecule has 3 aliphatic rings. The molecule has 0 amide bonds. The van der Waals surface area contributed by atoms with E-state index in [1.165, 1.54) is 25.7 Å². The molecule has 4 rings (SSSR count). The quantitative estimate of drug-likeness (QED) is 0.805. The van der Waals surface area contributed by atoms with Crippen molar-refractivity contribution in [2.24, 2.45) is 0 Å². The van der Waals surface area contributed by atoms with Crippen LogP contribution in [-0.2, 0) is 10.0 Å². The van der Waals surface area contributed by atoms with Gasteiger partial charge in [0.1, 0.15) is 0 Å². The first-order valence-electron chi connectivity index (χ1n) is 9.47. The monoisotopic (exact) mass is 365 g/mol. The van der Waals surface area contributed by atoms with Crippen LogP contribution in [0, 0.1) is 0 Å². The Morgan fingerprint density at radius 2 is 1.28 bits per heavy atom. The lowest BCUT2D eigenvalue weighted by atomic mass is 10.2. The summed E-state index contributed by atoms with van der Waals surface area (Å²) in [5.41, 5.74) is 0. The molecule has 25 heavy (non-hydrogen) atoms. The highest BCUT2D eigenvalue weighted by Crippen LogP contribution is 2.31. The van der Waals surface area contributed by atoms with Crippen LogP contribution in [0.25, 0.3) is 0 Å². The maximum absolute atomic E-state index is 12.3. The van der Waals surface area contributed by atoms with Crippen LogP contribution in [-0.4, -0.2) is 67.4 Å². The first kappa shape index (κ1) is 17.0. The van der Waals surface area contributed by atoms with Crippen LogP contribution in [0.1, 0.15) is 38.5 Å². The van der Waals surface area contributed by atoms with Crippen molar-refractivity contribution in [1.82, 2.24) is 14.5 Å². The number of nitrogens with zero attached hydrogens (tertiary/aromatic N) is 5. The second-order valence-corrected chi connectivity index (χ2v) is 9.49. The van der Waals surface area contributed by atoms with E-state index in [4.69, 9.17) is 0 Å². The minimum Gasteiger partial charge on any atom is -0.355 e. The molecule has 0 radical (unpaired) electrons. The topological polar surface area (TPSA) is 69.6 Å². The van der Waals surface area contributed by atoms with Gasteiger partial charge in [-0.05, 0) is 37.8 Å². The zero-order valence-electron chi connectivity index (χ0n) is 14.7. The molecule has 0 atom stereocenters. The summed E-state index contributed by atoms with van der Waals surface area (Å²) in [6, 6.07) is 4.08. The van der Waals surface area contributed by atoms with Gasteiger partial charge in [0, 0.05) is 39.3 Å².